The normalized spacial score (nSPS) is 14.0. The number of halogens is 1. The van der Waals surface area contributed by atoms with E-state index in [1.165, 1.54) is 0 Å². The van der Waals surface area contributed by atoms with E-state index in [1.54, 1.807) is 49.6 Å². The molecule has 176 valence electrons. The third kappa shape index (κ3) is 5.50. The fourth-order valence-corrected chi connectivity index (χ4v) is 3.75. The molecule has 1 aromatic heterocycles. The number of para-hydroxylation sites is 1. The van der Waals surface area contributed by atoms with Crippen molar-refractivity contribution >= 4 is 23.1 Å². The number of amides is 1. The van der Waals surface area contributed by atoms with Crippen LogP contribution in [0.2, 0.25) is 5.02 Å². The Morgan fingerprint density at radius 2 is 1.71 bits per heavy atom. The molecule has 7 nitrogen and oxygen atoms in total. The first-order valence-electron chi connectivity index (χ1n) is 10.8. The molecule has 0 aliphatic carbocycles. The first kappa shape index (κ1) is 23.6. The van der Waals surface area contributed by atoms with Gasteiger partial charge in [-0.25, -0.2) is 4.98 Å². The van der Waals surface area contributed by atoms with E-state index >= 15 is 0 Å². The van der Waals surface area contributed by atoms with E-state index in [0.717, 1.165) is 11.1 Å². The third-order valence-electron chi connectivity index (χ3n) is 5.38. The third-order valence-corrected chi connectivity index (χ3v) is 5.70. The topological polar surface area (TPSA) is 70.1 Å². The highest BCUT2D eigenvalue weighted by Crippen LogP contribution is 2.34. The highest BCUT2D eigenvalue weighted by Gasteiger charge is 2.18. The zero-order chi connectivity index (χ0) is 23.9. The van der Waals surface area contributed by atoms with Crippen LogP contribution >= 0.6 is 11.6 Å². The second kappa shape index (κ2) is 11.0. The van der Waals surface area contributed by atoms with Crippen LogP contribution < -0.4 is 14.2 Å². The van der Waals surface area contributed by atoms with Crippen LogP contribution in [-0.4, -0.2) is 56.3 Å². The number of hydrogen-bond donors (Lipinski definition) is 0. The van der Waals surface area contributed by atoms with Gasteiger partial charge in [-0.2, -0.15) is 0 Å². The summed E-state index contributed by atoms with van der Waals surface area (Å²) in [5.74, 6) is 1.98. The summed E-state index contributed by atoms with van der Waals surface area (Å²) in [7, 11) is 3.16. The molecule has 2 heterocycles. The molecule has 0 saturated carbocycles. The van der Waals surface area contributed by atoms with Crippen molar-refractivity contribution in [1.29, 1.82) is 0 Å². The van der Waals surface area contributed by atoms with Gasteiger partial charge in [-0.3, -0.25) is 4.79 Å². The second-order valence-corrected chi connectivity index (χ2v) is 7.89. The second-order valence-electron chi connectivity index (χ2n) is 7.48. The quantitative estimate of drug-likeness (QED) is 0.451. The van der Waals surface area contributed by atoms with E-state index in [-0.39, 0.29) is 5.91 Å². The van der Waals surface area contributed by atoms with Gasteiger partial charge in [0.1, 0.15) is 5.75 Å². The summed E-state index contributed by atoms with van der Waals surface area (Å²) in [6.45, 7) is 2.16. The Balaban J connectivity index is 1.68. The molecule has 4 rings (SSSR count). The first-order chi connectivity index (χ1) is 16.6. The molecule has 0 radical (unpaired) electrons. The molecule has 3 aromatic rings. The van der Waals surface area contributed by atoms with E-state index in [1.807, 2.05) is 36.4 Å². The van der Waals surface area contributed by atoms with Crippen molar-refractivity contribution in [3.63, 3.8) is 0 Å². The number of nitrogens with zero attached hydrogens (tertiary/aromatic N) is 2. The van der Waals surface area contributed by atoms with E-state index < -0.39 is 0 Å². The predicted molar refractivity (Wildman–Crippen MR) is 130 cm³/mol. The maximum absolute atomic E-state index is 13.1. The smallest absolute Gasteiger partial charge is 0.247 e. The van der Waals surface area contributed by atoms with Gasteiger partial charge in [-0.05, 0) is 41.5 Å². The predicted octanol–water partition coefficient (Wildman–Crippen LogP) is 4.84. The summed E-state index contributed by atoms with van der Waals surface area (Å²) in [5, 5.41) is 0.496. The molecular formula is C26H25ClN2O5. The van der Waals surface area contributed by atoms with Gasteiger partial charge in [0.05, 0.1) is 32.5 Å². The Morgan fingerprint density at radius 1 is 0.971 bits per heavy atom. The number of carbonyl (C=O) groups excluding carboxylic acids is 1. The van der Waals surface area contributed by atoms with E-state index in [9.17, 15) is 4.79 Å². The number of rotatable bonds is 7. The van der Waals surface area contributed by atoms with Crippen LogP contribution in [0.25, 0.3) is 5.57 Å². The molecule has 1 saturated heterocycles. The molecule has 2 aromatic carbocycles. The van der Waals surface area contributed by atoms with Gasteiger partial charge in [-0.15, -0.1) is 0 Å². The number of aromatic nitrogens is 1. The Bertz CT molecular complexity index is 1170. The standard InChI is InChI=1S/C26H25ClN2O5/c1-31-23-9-7-18(15-24(23)32-2)20(16-26(30)29-11-13-33-14-12-29)19-8-10-25(28-17-19)34-22-6-4-3-5-21(22)27/h3-10,15-17H,11-14H2,1-2H3/b20-16+. The molecule has 0 unspecified atom stereocenters. The van der Waals surface area contributed by atoms with Gasteiger partial charge in [0.15, 0.2) is 11.5 Å². The summed E-state index contributed by atoms with van der Waals surface area (Å²) in [4.78, 5) is 19.3. The molecule has 0 N–H and O–H groups in total. The number of carbonyl (C=O) groups is 1. The number of methoxy groups -OCH3 is 2. The van der Waals surface area contributed by atoms with Gasteiger partial charge in [0.25, 0.3) is 0 Å². The van der Waals surface area contributed by atoms with Crippen LogP contribution in [-0.2, 0) is 9.53 Å². The lowest BCUT2D eigenvalue weighted by Gasteiger charge is -2.26. The summed E-state index contributed by atoms with van der Waals surface area (Å²) >= 11 is 6.19. The lowest BCUT2D eigenvalue weighted by molar-refractivity contribution is -0.129. The summed E-state index contributed by atoms with van der Waals surface area (Å²) < 4.78 is 22.0. The molecule has 1 amide bonds. The number of morpholine rings is 1. The Hall–Kier alpha value is -3.55. The van der Waals surface area contributed by atoms with Crippen molar-refractivity contribution in [3.05, 3.63) is 83.0 Å². The highest BCUT2D eigenvalue weighted by molar-refractivity contribution is 6.32. The van der Waals surface area contributed by atoms with Crippen molar-refractivity contribution < 1.29 is 23.7 Å². The van der Waals surface area contributed by atoms with Gasteiger partial charge in [0.2, 0.25) is 11.8 Å². The van der Waals surface area contributed by atoms with E-state index in [0.29, 0.717) is 60.0 Å². The zero-order valence-electron chi connectivity index (χ0n) is 19.0. The van der Waals surface area contributed by atoms with Crippen molar-refractivity contribution in [2.75, 3.05) is 40.5 Å². The lowest BCUT2D eigenvalue weighted by Crippen LogP contribution is -2.39. The number of ether oxygens (including phenoxy) is 4. The van der Waals surface area contributed by atoms with Crippen LogP contribution in [0.1, 0.15) is 11.1 Å². The minimum absolute atomic E-state index is 0.0931. The van der Waals surface area contributed by atoms with Crippen molar-refractivity contribution in [1.82, 2.24) is 9.88 Å². The molecule has 0 bridgehead atoms. The molecule has 8 heteroatoms. The maximum atomic E-state index is 13.1. The van der Waals surface area contributed by atoms with Gasteiger partial charge < -0.3 is 23.8 Å². The average molecular weight is 481 g/mol. The summed E-state index contributed by atoms with van der Waals surface area (Å²) in [6, 6.07) is 16.3. The maximum Gasteiger partial charge on any atom is 0.247 e. The van der Waals surface area contributed by atoms with Gasteiger partial charge >= 0.3 is 0 Å². The SMILES string of the molecule is COc1ccc(/C(=C\C(=O)N2CCOCC2)c2ccc(Oc3ccccc3Cl)nc2)cc1OC. The van der Waals surface area contributed by atoms with Crippen molar-refractivity contribution in [2.24, 2.45) is 0 Å². The Morgan fingerprint density at radius 3 is 2.38 bits per heavy atom. The van der Waals surface area contributed by atoms with Gasteiger partial charge in [0, 0.05) is 37.0 Å². The van der Waals surface area contributed by atoms with Crippen LogP contribution in [0.5, 0.6) is 23.1 Å². The summed E-state index contributed by atoms with van der Waals surface area (Å²) in [6.07, 6.45) is 3.29. The zero-order valence-corrected chi connectivity index (χ0v) is 19.7. The van der Waals surface area contributed by atoms with Crippen LogP contribution in [0, 0.1) is 0 Å². The monoisotopic (exact) mass is 480 g/mol. The Labute approximate surface area is 203 Å². The lowest BCUT2D eigenvalue weighted by atomic mass is 9.98. The van der Waals surface area contributed by atoms with E-state index in [2.05, 4.69) is 4.98 Å². The fourth-order valence-electron chi connectivity index (χ4n) is 3.58. The molecule has 0 atom stereocenters. The molecule has 1 aliphatic rings. The number of pyridine rings is 1. The molecule has 1 aliphatic heterocycles. The minimum atomic E-state index is -0.0931. The molecule has 1 fully saturated rings. The van der Waals surface area contributed by atoms with Gasteiger partial charge in [-0.1, -0.05) is 29.8 Å². The Kier molecular flexibility index (Phi) is 7.67. The molecule has 34 heavy (non-hydrogen) atoms. The first-order valence-corrected chi connectivity index (χ1v) is 11.2. The molecule has 0 spiro atoms. The number of hydrogen-bond acceptors (Lipinski definition) is 6. The van der Waals surface area contributed by atoms with Crippen molar-refractivity contribution in [3.8, 4) is 23.1 Å². The van der Waals surface area contributed by atoms with Crippen LogP contribution in [0.15, 0.2) is 66.9 Å². The summed E-state index contributed by atoms with van der Waals surface area (Å²) in [5.41, 5.74) is 2.25. The average Bonchev–Trinajstić information content (AvgIpc) is 2.89. The van der Waals surface area contributed by atoms with Crippen LogP contribution in [0.4, 0.5) is 0 Å². The van der Waals surface area contributed by atoms with Crippen molar-refractivity contribution in [2.45, 2.75) is 0 Å². The largest absolute Gasteiger partial charge is 0.493 e. The number of benzene rings is 2. The molecular weight excluding hydrogens is 456 g/mol. The fraction of sp³-hybridized carbons (Fsp3) is 0.231. The van der Waals surface area contributed by atoms with E-state index in [4.69, 9.17) is 30.5 Å². The minimum Gasteiger partial charge on any atom is -0.493 e. The highest BCUT2D eigenvalue weighted by atomic mass is 35.5. The van der Waals surface area contributed by atoms with Crippen LogP contribution in [0.3, 0.4) is 0 Å².